The maximum Gasteiger partial charge on any atom is 0.361 e. The lowest BCUT2D eigenvalue weighted by molar-refractivity contribution is -0.870. The summed E-state index contributed by atoms with van der Waals surface area (Å²) in [5.41, 5.74) is 0. The third-order valence-electron chi connectivity index (χ3n) is 13.8. The van der Waals surface area contributed by atoms with Crippen molar-refractivity contribution in [3.63, 3.8) is 0 Å². The van der Waals surface area contributed by atoms with Gasteiger partial charge in [0.15, 0.2) is 6.10 Å². The first-order valence-corrected chi connectivity index (χ1v) is 33.6. The normalized spacial score (nSPS) is 13.8. The van der Waals surface area contributed by atoms with Crippen LogP contribution in [0.2, 0.25) is 0 Å². The molecule has 0 aliphatic carbocycles. The van der Waals surface area contributed by atoms with E-state index in [-0.39, 0.29) is 38.6 Å². The molecule has 0 saturated carbocycles. The van der Waals surface area contributed by atoms with Crippen molar-refractivity contribution in [1.29, 1.82) is 0 Å². The fourth-order valence-corrected chi connectivity index (χ4v) is 8.70. The number of hydrogen-bond donors (Lipinski definition) is 1. The number of carbonyl (C=O) groups excluding carboxylic acids is 2. The molecule has 0 rings (SSSR count). The molecule has 0 aliphatic rings. The Morgan fingerprint density at radius 2 is 0.635 bits per heavy atom. The molecular formula is C76H124NO8+. The van der Waals surface area contributed by atoms with Crippen molar-refractivity contribution >= 4 is 17.9 Å². The van der Waals surface area contributed by atoms with E-state index in [4.69, 9.17) is 18.9 Å². The Morgan fingerprint density at radius 1 is 0.353 bits per heavy atom. The molecule has 0 aromatic carbocycles. The van der Waals surface area contributed by atoms with Gasteiger partial charge in [0.2, 0.25) is 0 Å². The molecule has 0 aromatic rings. The van der Waals surface area contributed by atoms with Crippen LogP contribution in [-0.4, -0.2) is 87.4 Å². The van der Waals surface area contributed by atoms with Crippen molar-refractivity contribution in [3.8, 4) is 0 Å². The lowest BCUT2D eigenvalue weighted by atomic mass is 10.0. The summed E-state index contributed by atoms with van der Waals surface area (Å²) in [4.78, 5) is 37.6. The molecule has 0 aliphatic heterocycles. The minimum Gasteiger partial charge on any atom is -0.477 e. The van der Waals surface area contributed by atoms with E-state index in [1.54, 1.807) is 0 Å². The number of unbranched alkanes of at least 4 members (excludes halogenated alkanes) is 19. The Hall–Kier alpha value is -5.09. The molecule has 9 nitrogen and oxygen atoms in total. The fraction of sp³-hybridized carbons (Fsp3) is 0.618. The second-order valence-electron chi connectivity index (χ2n) is 23.0. The summed E-state index contributed by atoms with van der Waals surface area (Å²) in [6.45, 7) is 4.61. The number of carboxylic acid groups (broad SMARTS) is 1. The highest BCUT2D eigenvalue weighted by Gasteiger charge is 2.25. The molecular weight excluding hydrogens is 1050 g/mol. The predicted octanol–water partition coefficient (Wildman–Crippen LogP) is 20.9. The number of hydrogen-bond acceptors (Lipinski definition) is 7. The van der Waals surface area contributed by atoms with E-state index in [1.807, 2.05) is 21.1 Å². The van der Waals surface area contributed by atoms with Crippen molar-refractivity contribution in [2.75, 3.05) is 47.5 Å². The highest BCUT2D eigenvalue weighted by atomic mass is 16.7. The van der Waals surface area contributed by atoms with E-state index in [9.17, 15) is 19.5 Å². The molecule has 85 heavy (non-hydrogen) atoms. The number of aliphatic carboxylic acids is 1. The average Bonchev–Trinajstić information content (AvgIpc) is 3.49. The number of rotatable bonds is 60. The van der Waals surface area contributed by atoms with Crippen molar-refractivity contribution in [3.05, 3.63) is 158 Å². The van der Waals surface area contributed by atoms with Crippen LogP contribution < -0.4 is 0 Å². The Labute approximate surface area is 521 Å². The van der Waals surface area contributed by atoms with Gasteiger partial charge in [0, 0.05) is 12.8 Å². The molecule has 0 bridgehead atoms. The Balaban J connectivity index is 4.16. The second kappa shape index (κ2) is 64.9. The van der Waals surface area contributed by atoms with Crippen molar-refractivity contribution in [1.82, 2.24) is 0 Å². The standard InChI is InChI=1S/C76H123NO8/c1-6-8-10-12-14-16-18-20-22-24-26-28-29-30-31-32-33-34-35-36-37-38-39-40-41-42-43-44-45-47-49-51-53-55-57-59-61-63-65-67-74(79)85-72(71-84-76(75(80)81)82-69-68-77(3,4)5)70-83-73(78)66-64-62-60-58-56-54-52-50-48-46-27-25-23-21-19-17-15-13-11-9-7-2/h8-11,14-17,20-23,26-28,30-31,33-34,36-37,39-40,46,50,52,72,76H,6-7,12-13,18-19,24-25,29,32,35,38,41-45,47-49,51,53-71H2,1-5H3/p+1/b10-8-,11-9-,16-14-,17-15-,22-20-,23-21-,28-26-,31-30-,34-33-,37-36-,40-39-,46-27-,52-50-. The summed E-state index contributed by atoms with van der Waals surface area (Å²) in [5.74, 6) is -2.04. The van der Waals surface area contributed by atoms with E-state index in [2.05, 4.69) is 172 Å². The van der Waals surface area contributed by atoms with Crippen LogP contribution in [0.5, 0.6) is 0 Å². The van der Waals surface area contributed by atoms with Gasteiger partial charge in [0.05, 0.1) is 34.4 Å². The molecule has 2 unspecified atom stereocenters. The first kappa shape index (κ1) is 79.9. The lowest BCUT2D eigenvalue weighted by Crippen LogP contribution is -2.40. The van der Waals surface area contributed by atoms with Crippen LogP contribution in [0.25, 0.3) is 0 Å². The number of carbonyl (C=O) groups is 3. The highest BCUT2D eigenvalue weighted by molar-refractivity contribution is 5.71. The molecule has 0 radical (unpaired) electrons. The number of carboxylic acids is 1. The Kier molecular flexibility index (Phi) is 61.0. The first-order valence-electron chi connectivity index (χ1n) is 33.6. The molecule has 0 saturated heterocycles. The van der Waals surface area contributed by atoms with Gasteiger partial charge in [-0.15, -0.1) is 0 Å². The molecule has 0 aromatic heterocycles. The lowest BCUT2D eigenvalue weighted by Gasteiger charge is -2.25. The Bertz CT molecular complexity index is 1950. The number of quaternary nitrogens is 1. The monoisotopic (exact) mass is 1180 g/mol. The summed E-state index contributed by atoms with van der Waals surface area (Å²) < 4.78 is 22.9. The van der Waals surface area contributed by atoms with Crippen LogP contribution in [0.4, 0.5) is 0 Å². The molecule has 480 valence electrons. The molecule has 0 heterocycles. The maximum absolute atomic E-state index is 12.9. The summed E-state index contributed by atoms with van der Waals surface area (Å²) in [6, 6.07) is 0. The number of nitrogens with zero attached hydrogens (tertiary/aromatic N) is 1. The van der Waals surface area contributed by atoms with E-state index in [1.165, 1.54) is 70.6 Å². The number of likely N-dealkylation sites (N-methyl/N-ethyl adjacent to an activating group) is 1. The van der Waals surface area contributed by atoms with Gasteiger partial charge in [0.25, 0.3) is 6.29 Å². The number of esters is 2. The van der Waals surface area contributed by atoms with Crippen molar-refractivity contribution in [2.45, 2.75) is 257 Å². The maximum atomic E-state index is 12.9. The SMILES string of the molecule is CC/C=C\C/C=C\C/C=C\C/C=C\C/C=C\C/C=C\C/C=C\C/C=C\CCCCCCCCCCCCCCCCC(=O)OC(COC(=O)CCCCCCC/C=C\C/C=C\C/C=C\C/C=C\C/C=C\CC)COC(OCC[N+](C)(C)C)C(=O)O. The van der Waals surface area contributed by atoms with Crippen LogP contribution in [0.1, 0.15) is 245 Å². The fourth-order valence-electron chi connectivity index (χ4n) is 8.70. The summed E-state index contributed by atoms with van der Waals surface area (Å²) >= 11 is 0. The van der Waals surface area contributed by atoms with E-state index in [0.29, 0.717) is 17.4 Å². The van der Waals surface area contributed by atoms with Crippen LogP contribution in [-0.2, 0) is 33.3 Å². The molecule has 0 fully saturated rings. The van der Waals surface area contributed by atoms with Gasteiger partial charge < -0.3 is 28.5 Å². The van der Waals surface area contributed by atoms with Gasteiger partial charge in [-0.1, -0.05) is 268 Å². The minimum atomic E-state index is -1.52. The molecule has 0 amide bonds. The zero-order valence-corrected chi connectivity index (χ0v) is 54.7. The zero-order valence-electron chi connectivity index (χ0n) is 54.7. The third-order valence-corrected chi connectivity index (χ3v) is 13.8. The third kappa shape index (κ3) is 66.3. The first-order chi connectivity index (χ1) is 41.6. The summed E-state index contributed by atoms with van der Waals surface area (Å²) in [5, 5.41) is 9.73. The van der Waals surface area contributed by atoms with E-state index in [0.717, 1.165) is 141 Å². The molecule has 9 heteroatoms. The van der Waals surface area contributed by atoms with Crippen LogP contribution in [0.15, 0.2) is 158 Å². The largest absolute Gasteiger partial charge is 0.477 e. The van der Waals surface area contributed by atoms with Gasteiger partial charge in [-0.05, 0) is 122 Å². The van der Waals surface area contributed by atoms with Crippen LogP contribution in [0, 0.1) is 0 Å². The highest BCUT2D eigenvalue weighted by Crippen LogP contribution is 2.16. The van der Waals surface area contributed by atoms with Gasteiger partial charge in [-0.3, -0.25) is 9.59 Å². The average molecular weight is 1180 g/mol. The molecule has 0 spiro atoms. The zero-order chi connectivity index (χ0) is 61.9. The number of allylic oxidation sites excluding steroid dienone is 26. The molecule has 1 N–H and O–H groups in total. The van der Waals surface area contributed by atoms with Gasteiger partial charge in [0.1, 0.15) is 13.2 Å². The van der Waals surface area contributed by atoms with Gasteiger partial charge >= 0.3 is 17.9 Å². The van der Waals surface area contributed by atoms with Gasteiger partial charge in [-0.25, -0.2) is 4.79 Å². The number of ether oxygens (including phenoxy) is 4. The minimum absolute atomic E-state index is 0.177. The van der Waals surface area contributed by atoms with E-state index < -0.39 is 24.3 Å². The van der Waals surface area contributed by atoms with Crippen LogP contribution >= 0.6 is 0 Å². The van der Waals surface area contributed by atoms with Crippen LogP contribution in [0.3, 0.4) is 0 Å². The predicted molar refractivity (Wildman–Crippen MR) is 363 cm³/mol. The quantitative estimate of drug-likeness (QED) is 0.0211. The smallest absolute Gasteiger partial charge is 0.361 e. The summed E-state index contributed by atoms with van der Waals surface area (Å²) in [7, 11) is 5.96. The van der Waals surface area contributed by atoms with E-state index >= 15 is 0 Å². The molecule has 2 atom stereocenters. The van der Waals surface area contributed by atoms with Crippen molar-refractivity contribution in [2.24, 2.45) is 0 Å². The van der Waals surface area contributed by atoms with Crippen molar-refractivity contribution < 1.29 is 42.9 Å². The van der Waals surface area contributed by atoms with Gasteiger partial charge in [-0.2, -0.15) is 0 Å². The Morgan fingerprint density at radius 3 is 0.941 bits per heavy atom. The summed E-state index contributed by atoms with van der Waals surface area (Å²) in [6.07, 6.45) is 93.4. The topological polar surface area (TPSA) is 108 Å². The second-order valence-corrected chi connectivity index (χ2v) is 23.0.